The van der Waals surface area contributed by atoms with E-state index in [0.29, 0.717) is 18.6 Å². The Morgan fingerprint density at radius 3 is 2.76 bits per heavy atom. The molecule has 2 aliphatic rings. The van der Waals surface area contributed by atoms with Crippen LogP contribution in [-0.4, -0.2) is 57.7 Å². The van der Waals surface area contributed by atoms with Gasteiger partial charge in [-0.25, -0.2) is 0 Å². The number of hydrogen-bond donors (Lipinski definition) is 0. The second-order valence-electron chi connectivity index (χ2n) is 6.64. The molecular weight excluding hydrogens is 264 g/mol. The Kier molecular flexibility index (Phi) is 4.02. The van der Waals surface area contributed by atoms with Crippen molar-refractivity contribution in [2.24, 2.45) is 0 Å². The number of nitrogens with zero attached hydrogens (tertiary/aromatic N) is 4. The highest BCUT2D eigenvalue weighted by Crippen LogP contribution is 2.26. The van der Waals surface area contributed by atoms with Gasteiger partial charge < -0.3 is 4.90 Å². The van der Waals surface area contributed by atoms with Gasteiger partial charge in [0, 0.05) is 18.3 Å². The van der Waals surface area contributed by atoms with Gasteiger partial charge in [-0.05, 0) is 52.6 Å². The zero-order valence-corrected chi connectivity index (χ0v) is 13.4. The molecule has 0 aromatic carbocycles. The summed E-state index contributed by atoms with van der Waals surface area (Å²) in [5.74, 6) is 0.286. The third-order valence-corrected chi connectivity index (χ3v) is 4.74. The lowest BCUT2D eigenvalue weighted by molar-refractivity contribution is -0.133. The van der Waals surface area contributed by atoms with Crippen LogP contribution in [0.3, 0.4) is 0 Å². The van der Waals surface area contributed by atoms with Crippen LogP contribution in [0.4, 0.5) is 0 Å². The van der Waals surface area contributed by atoms with Gasteiger partial charge in [0.25, 0.3) is 0 Å². The van der Waals surface area contributed by atoms with E-state index in [-0.39, 0.29) is 5.91 Å². The number of hydrogen-bond acceptors (Lipinski definition) is 3. The summed E-state index contributed by atoms with van der Waals surface area (Å²) in [5, 5.41) is 4.53. The predicted molar refractivity (Wildman–Crippen MR) is 82.1 cm³/mol. The monoisotopic (exact) mass is 290 g/mol. The Hall–Kier alpha value is -1.36. The van der Waals surface area contributed by atoms with Gasteiger partial charge in [-0.2, -0.15) is 5.10 Å². The predicted octanol–water partition coefficient (Wildman–Crippen LogP) is 1.59. The normalized spacial score (nSPS) is 22.3. The first kappa shape index (κ1) is 14.6. The molecule has 116 valence electrons. The highest BCUT2D eigenvalue weighted by molar-refractivity contribution is 5.79. The minimum absolute atomic E-state index is 0.286. The molecule has 1 aromatic rings. The number of likely N-dealkylation sites (tertiary alicyclic amines) is 1. The smallest absolute Gasteiger partial charge is 0.237 e. The number of aryl methyl sites for hydroxylation is 2. The van der Waals surface area contributed by atoms with Crippen molar-refractivity contribution in [1.82, 2.24) is 19.6 Å². The maximum atomic E-state index is 12.5. The van der Waals surface area contributed by atoms with Gasteiger partial charge in [-0.3, -0.25) is 14.4 Å². The van der Waals surface area contributed by atoms with Crippen molar-refractivity contribution in [3.63, 3.8) is 0 Å². The van der Waals surface area contributed by atoms with Gasteiger partial charge in [-0.15, -0.1) is 0 Å². The molecule has 0 radical (unpaired) electrons. The lowest BCUT2D eigenvalue weighted by Gasteiger charge is -2.27. The van der Waals surface area contributed by atoms with Crippen LogP contribution >= 0.6 is 0 Å². The minimum atomic E-state index is 0.286. The van der Waals surface area contributed by atoms with E-state index < -0.39 is 0 Å². The van der Waals surface area contributed by atoms with E-state index in [1.165, 1.54) is 18.5 Å². The van der Waals surface area contributed by atoms with E-state index in [9.17, 15) is 4.79 Å². The molecular formula is C16H26N4O. The summed E-state index contributed by atoms with van der Waals surface area (Å²) < 4.78 is 2.05. The largest absolute Gasteiger partial charge is 0.337 e. The highest BCUT2D eigenvalue weighted by Gasteiger charge is 2.33. The highest BCUT2D eigenvalue weighted by atomic mass is 16.2. The van der Waals surface area contributed by atoms with Gasteiger partial charge in [0.2, 0.25) is 5.91 Å². The standard InChI is InChI=1S/C16H26N4O/c1-12-9-13(2)20(17-12)10-15-5-4-8-19(15)16(21)11-18(3)14-6-7-14/h9,14-15H,4-8,10-11H2,1-3H3. The van der Waals surface area contributed by atoms with Crippen molar-refractivity contribution in [1.29, 1.82) is 0 Å². The fourth-order valence-electron chi connectivity index (χ4n) is 3.36. The summed E-state index contributed by atoms with van der Waals surface area (Å²) in [6, 6.07) is 3.05. The van der Waals surface area contributed by atoms with Gasteiger partial charge in [0.1, 0.15) is 0 Å². The van der Waals surface area contributed by atoms with Crippen LogP contribution in [0.25, 0.3) is 0 Å². The van der Waals surface area contributed by atoms with E-state index in [2.05, 4.69) is 39.6 Å². The quantitative estimate of drug-likeness (QED) is 0.827. The Balaban J connectivity index is 1.61. The van der Waals surface area contributed by atoms with E-state index in [1.807, 2.05) is 6.92 Å². The molecule has 1 amide bonds. The zero-order chi connectivity index (χ0) is 15.0. The summed E-state index contributed by atoms with van der Waals surface area (Å²) >= 11 is 0. The fourth-order valence-corrected chi connectivity index (χ4v) is 3.36. The van der Waals surface area contributed by atoms with Crippen LogP contribution in [0.2, 0.25) is 0 Å². The molecule has 1 saturated heterocycles. The third-order valence-electron chi connectivity index (χ3n) is 4.74. The molecule has 1 atom stereocenters. The average Bonchev–Trinajstić information content (AvgIpc) is 3.10. The molecule has 3 rings (SSSR count). The summed E-state index contributed by atoms with van der Waals surface area (Å²) in [5.41, 5.74) is 2.23. The number of amides is 1. The van der Waals surface area contributed by atoms with Crippen LogP contribution in [0, 0.1) is 13.8 Å². The topological polar surface area (TPSA) is 41.4 Å². The molecule has 1 saturated carbocycles. The van der Waals surface area contributed by atoms with Gasteiger partial charge in [0.05, 0.1) is 24.8 Å². The molecule has 0 bridgehead atoms. The zero-order valence-electron chi connectivity index (χ0n) is 13.4. The van der Waals surface area contributed by atoms with Crippen molar-refractivity contribution >= 4 is 5.91 Å². The maximum absolute atomic E-state index is 12.5. The molecule has 5 nitrogen and oxygen atoms in total. The molecule has 1 aliphatic carbocycles. The van der Waals surface area contributed by atoms with Crippen molar-refractivity contribution in [3.05, 3.63) is 17.5 Å². The van der Waals surface area contributed by atoms with Crippen LogP contribution in [0.5, 0.6) is 0 Å². The summed E-state index contributed by atoms with van der Waals surface area (Å²) in [4.78, 5) is 16.8. The number of aromatic nitrogens is 2. The SMILES string of the molecule is Cc1cc(C)n(CC2CCCN2C(=O)CN(C)C2CC2)n1. The van der Waals surface area contributed by atoms with Crippen LogP contribution in [0.1, 0.15) is 37.1 Å². The minimum Gasteiger partial charge on any atom is -0.337 e. The maximum Gasteiger partial charge on any atom is 0.237 e. The number of carbonyl (C=O) groups is 1. The van der Waals surface area contributed by atoms with E-state index >= 15 is 0 Å². The molecule has 1 aliphatic heterocycles. The number of rotatable bonds is 5. The van der Waals surface area contributed by atoms with E-state index in [0.717, 1.165) is 31.6 Å². The Morgan fingerprint density at radius 1 is 1.38 bits per heavy atom. The second-order valence-corrected chi connectivity index (χ2v) is 6.64. The first-order valence-corrected chi connectivity index (χ1v) is 8.05. The lowest BCUT2D eigenvalue weighted by Crippen LogP contribution is -2.43. The van der Waals surface area contributed by atoms with Crippen LogP contribution < -0.4 is 0 Å². The van der Waals surface area contributed by atoms with Crippen molar-refractivity contribution in [2.75, 3.05) is 20.1 Å². The summed E-state index contributed by atoms with van der Waals surface area (Å²) in [6.07, 6.45) is 4.71. The van der Waals surface area contributed by atoms with Gasteiger partial charge >= 0.3 is 0 Å². The molecule has 1 unspecified atom stereocenters. The Morgan fingerprint density at radius 2 is 2.14 bits per heavy atom. The summed E-state index contributed by atoms with van der Waals surface area (Å²) in [7, 11) is 2.07. The third kappa shape index (κ3) is 3.28. The van der Waals surface area contributed by atoms with Crippen LogP contribution in [-0.2, 0) is 11.3 Å². The Labute approximate surface area is 126 Å². The number of likely N-dealkylation sites (N-methyl/N-ethyl adjacent to an activating group) is 1. The van der Waals surface area contributed by atoms with Crippen molar-refractivity contribution < 1.29 is 4.79 Å². The summed E-state index contributed by atoms with van der Waals surface area (Å²) in [6.45, 7) is 6.41. The fraction of sp³-hybridized carbons (Fsp3) is 0.750. The molecule has 2 heterocycles. The van der Waals surface area contributed by atoms with Crippen molar-refractivity contribution in [3.8, 4) is 0 Å². The first-order valence-electron chi connectivity index (χ1n) is 8.05. The van der Waals surface area contributed by atoms with Crippen molar-refractivity contribution in [2.45, 2.75) is 58.2 Å². The van der Waals surface area contributed by atoms with E-state index in [1.54, 1.807) is 0 Å². The first-order chi connectivity index (χ1) is 10.0. The number of carbonyl (C=O) groups excluding carboxylic acids is 1. The molecule has 2 fully saturated rings. The second kappa shape index (κ2) is 5.79. The molecule has 0 N–H and O–H groups in total. The van der Waals surface area contributed by atoms with Gasteiger partial charge in [0.15, 0.2) is 0 Å². The van der Waals surface area contributed by atoms with E-state index in [4.69, 9.17) is 0 Å². The molecule has 1 aromatic heterocycles. The molecule has 5 heteroatoms. The van der Waals surface area contributed by atoms with Crippen LogP contribution in [0.15, 0.2) is 6.07 Å². The molecule has 21 heavy (non-hydrogen) atoms. The Bertz CT molecular complexity index is 520. The van der Waals surface area contributed by atoms with Gasteiger partial charge in [-0.1, -0.05) is 0 Å². The molecule has 0 spiro atoms. The lowest BCUT2D eigenvalue weighted by atomic mass is 10.2. The average molecular weight is 290 g/mol.